The van der Waals surface area contributed by atoms with Crippen LogP contribution in [-0.2, 0) is 4.79 Å². The van der Waals surface area contributed by atoms with Crippen LogP contribution in [0.15, 0.2) is 48.8 Å². The third kappa shape index (κ3) is 3.09. The number of rotatable bonds is 3. The molecule has 0 spiro atoms. The normalized spacial score (nSPS) is 28.7. The van der Waals surface area contributed by atoms with Gasteiger partial charge >= 0.3 is 0 Å². The lowest BCUT2D eigenvalue weighted by atomic mass is 9.98. The number of para-hydroxylation sites is 2. The predicted molar refractivity (Wildman–Crippen MR) is 97.9 cm³/mol. The van der Waals surface area contributed by atoms with E-state index >= 15 is 0 Å². The van der Waals surface area contributed by atoms with Crippen LogP contribution < -0.4 is 14.2 Å². The number of benzene rings is 1. The molecule has 3 aliphatic rings. The van der Waals surface area contributed by atoms with E-state index in [2.05, 4.69) is 4.98 Å². The third-order valence-electron chi connectivity index (χ3n) is 5.67. The Morgan fingerprint density at radius 3 is 2.59 bits per heavy atom. The summed E-state index contributed by atoms with van der Waals surface area (Å²) in [4.78, 5) is 19.3. The maximum absolute atomic E-state index is 13.2. The Kier molecular flexibility index (Phi) is 4.11. The molecule has 6 nitrogen and oxygen atoms in total. The fourth-order valence-electron chi connectivity index (χ4n) is 4.50. The van der Waals surface area contributed by atoms with Gasteiger partial charge in [-0.05, 0) is 37.1 Å². The number of amides is 1. The van der Waals surface area contributed by atoms with Crippen molar-refractivity contribution < 1.29 is 19.0 Å². The number of aromatic nitrogens is 1. The van der Waals surface area contributed by atoms with Crippen molar-refractivity contribution in [3.63, 3.8) is 0 Å². The van der Waals surface area contributed by atoms with Gasteiger partial charge in [0.25, 0.3) is 5.91 Å². The van der Waals surface area contributed by atoms with Crippen molar-refractivity contribution in [2.45, 2.75) is 50.0 Å². The van der Waals surface area contributed by atoms with Crippen molar-refractivity contribution in [2.24, 2.45) is 0 Å². The summed E-state index contributed by atoms with van der Waals surface area (Å²) < 4.78 is 17.8. The second-order valence-corrected chi connectivity index (χ2v) is 7.39. The Hall–Kier alpha value is -2.76. The van der Waals surface area contributed by atoms with E-state index < -0.39 is 6.10 Å². The van der Waals surface area contributed by atoms with E-state index in [9.17, 15) is 4.79 Å². The van der Waals surface area contributed by atoms with Crippen LogP contribution in [0.1, 0.15) is 25.7 Å². The first kappa shape index (κ1) is 16.4. The molecule has 140 valence electrons. The minimum Gasteiger partial charge on any atom is -0.489 e. The summed E-state index contributed by atoms with van der Waals surface area (Å²) in [5.74, 6) is 2.18. The molecule has 2 fully saturated rings. The second-order valence-electron chi connectivity index (χ2n) is 7.39. The molecule has 1 amide bonds. The Labute approximate surface area is 158 Å². The molecular weight excluding hydrogens is 344 g/mol. The highest BCUT2D eigenvalue weighted by Crippen LogP contribution is 2.39. The molecule has 27 heavy (non-hydrogen) atoms. The molecule has 3 aliphatic heterocycles. The smallest absolute Gasteiger partial charge is 0.267 e. The number of carbonyl (C=O) groups excluding carboxylic acids is 1. The highest BCUT2D eigenvalue weighted by Gasteiger charge is 2.46. The summed E-state index contributed by atoms with van der Waals surface area (Å²) in [5, 5.41) is 0. The monoisotopic (exact) mass is 366 g/mol. The van der Waals surface area contributed by atoms with E-state index in [0.29, 0.717) is 11.5 Å². The third-order valence-corrected chi connectivity index (χ3v) is 5.67. The number of nitrogens with zero attached hydrogens (tertiary/aromatic N) is 2. The lowest BCUT2D eigenvalue weighted by Crippen LogP contribution is -2.55. The van der Waals surface area contributed by atoms with Gasteiger partial charge in [-0.3, -0.25) is 9.78 Å². The van der Waals surface area contributed by atoms with Crippen LogP contribution >= 0.6 is 0 Å². The molecule has 3 atom stereocenters. The number of hydrogen-bond donors (Lipinski definition) is 0. The van der Waals surface area contributed by atoms with Gasteiger partial charge < -0.3 is 19.1 Å². The molecule has 2 bridgehead atoms. The molecule has 0 saturated carbocycles. The highest BCUT2D eigenvalue weighted by atomic mass is 16.6. The Bertz CT molecular complexity index is 814. The summed E-state index contributed by atoms with van der Waals surface area (Å²) in [6, 6.07) is 11.7. The Balaban J connectivity index is 1.26. The average molecular weight is 366 g/mol. The zero-order valence-electron chi connectivity index (χ0n) is 15.0. The number of pyridine rings is 1. The van der Waals surface area contributed by atoms with Gasteiger partial charge in [-0.25, -0.2) is 0 Å². The molecule has 1 aromatic heterocycles. The van der Waals surface area contributed by atoms with Gasteiger partial charge in [-0.2, -0.15) is 0 Å². The minimum absolute atomic E-state index is 0.0387. The van der Waals surface area contributed by atoms with Crippen LogP contribution in [0.2, 0.25) is 0 Å². The average Bonchev–Trinajstić information content (AvgIpc) is 2.98. The number of carbonyl (C=O) groups is 1. The van der Waals surface area contributed by atoms with Crippen molar-refractivity contribution in [1.82, 2.24) is 9.88 Å². The largest absolute Gasteiger partial charge is 0.489 e. The van der Waals surface area contributed by atoms with Crippen LogP contribution in [0.4, 0.5) is 0 Å². The van der Waals surface area contributed by atoms with E-state index in [-0.39, 0.29) is 30.7 Å². The zero-order valence-corrected chi connectivity index (χ0v) is 15.0. The fraction of sp³-hybridized carbons (Fsp3) is 0.429. The first-order valence-electron chi connectivity index (χ1n) is 9.55. The molecule has 1 aromatic carbocycles. The Morgan fingerprint density at radius 1 is 1.07 bits per heavy atom. The molecule has 0 aliphatic carbocycles. The first-order chi connectivity index (χ1) is 13.3. The van der Waals surface area contributed by atoms with E-state index in [1.807, 2.05) is 41.3 Å². The highest BCUT2D eigenvalue weighted by molar-refractivity contribution is 5.83. The predicted octanol–water partition coefficient (Wildman–Crippen LogP) is 2.82. The number of hydrogen-bond acceptors (Lipinski definition) is 5. The van der Waals surface area contributed by atoms with E-state index in [4.69, 9.17) is 14.2 Å². The van der Waals surface area contributed by atoms with Gasteiger partial charge in [-0.1, -0.05) is 12.1 Å². The zero-order chi connectivity index (χ0) is 18.2. The molecular formula is C21H22N2O4. The molecule has 0 radical (unpaired) electrons. The topological polar surface area (TPSA) is 60.9 Å². The molecule has 2 aromatic rings. The van der Waals surface area contributed by atoms with Crippen molar-refractivity contribution in [3.05, 3.63) is 48.8 Å². The van der Waals surface area contributed by atoms with Gasteiger partial charge in [0, 0.05) is 31.1 Å². The first-order valence-corrected chi connectivity index (χ1v) is 9.55. The lowest BCUT2D eigenvalue weighted by molar-refractivity contribution is -0.147. The summed E-state index contributed by atoms with van der Waals surface area (Å²) >= 11 is 0. The molecule has 0 N–H and O–H groups in total. The second kappa shape index (κ2) is 6.76. The van der Waals surface area contributed by atoms with E-state index in [1.165, 1.54) is 0 Å². The van der Waals surface area contributed by atoms with Gasteiger partial charge in [0.05, 0.1) is 6.20 Å². The summed E-state index contributed by atoms with van der Waals surface area (Å²) in [5.41, 5.74) is 0. The standard InChI is InChI=1S/C21H22N2O4/c24-21(20-13-25-18-5-1-2-6-19(18)27-20)23-14-7-8-15(23)11-17(10-14)26-16-4-3-9-22-12-16/h1-6,9,12,14-15,17,20H,7-8,10-11,13H2. The van der Waals surface area contributed by atoms with Crippen LogP contribution in [0.25, 0.3) is 0 Å². The fourth-order valence-corrected chi connectivity index (χ4v) is 4.50. The summed E-state index contributed by atoms with van der Waals surface area (Å²) in [6.45, 7) is 0.265. The molecule has 3 unspecified atom stereocenters. The van der Waals surface area contributed by atoms with Gasteiger partial charge in [0.15, 0.2) is 11.5 Å². The van der Waals surface area contributed by atoms with Crippen molar-refractivity contribution in [1.29, 1.82) is 0 Å². The van der Waals surface area contributed by atoms with Gasteiger partial charge in [-0.15, -0.1) is 0 Å². The SMILES string of the molecule is O=C(C1COc2ccccc2O1)N1C2CCC1CC(Oc1cccnc1)C2. The number of ether oxygens (including phenoxy) is 3. The Morgan fingerprint density at radius 2 is 1.85 bits per heavy atom. The maximum Gasteiger partial charge on any atom is 0.267 e. The van der Waals surface area contributed by atoms with Gasteiger partial charge in [0.1, 0.15) is 18.5 Å². The summed E-state index contributed by atoms with van der Waals surface area (Å²) in [7, 11) is 0. The quantitative estimate of drug-likeness (QED) is 0.836. The van der Waals surface area contributed by atoms with Crippen molar-refractivity contribution >= 4 is 5.91 Å². The molecule has 5 rings (SSSR count). The molecule has 6 heteroatoms. The minimum atomic E-state index is -0.571. The van der Waals surface area contributed by atoms with Crippen LogP contribution in [0.5, 0.6) is 17.2 Å². The number of piperidine rings is 1. The molecule has 4 heterocycles. The lowest BCUT2D eigenvalue weighted by Gasteiger charge is -2.40. The van der Waals surface area contributed by atoms with Crippen molar-refractivity contribution in [3.8, 4) is 17.2 Å². The summed E-state index contributed by atoms with van der Waals surface area (Å²) in [6.07, 6.45) is 6.77. The van der Waals surface area contributed by atoms with Crippen LogP contribution in [0.3, 0.4) is 0 Å². The van der Waals surface area contributed by atoms with Gasteiger partial charge in [0.2, 0.25) is 6.10 Å². The van der Waals surface area contributed by atoms with E-state index in [1.54, 1.807) is 12.4 Å². The van der Waals surface area contributed by atoms with Crippen LogP contribution in [-0.4, -0.2) is 46.7 Å². The van der Waals surface area contributed by atoms with E-state index in [0.717, 1.165) is 31.4 Å². The van der Waals surface area contributed by atoms with Crippen LogP contribution in [0, 0.1) is 0 Å². The number of fused-ring (bicyclic) bond motifs is 3. The molecule has 2 saturated heterocycles. The maximum atomic E-state index is 13.2. The van der Waals surface area contributed by atoms with Crippen molar-refractivity contribution in [2.75, 3.05) is 6.61 Å².